The molecule has 0 unspecified atom stereocenters. The van der Waals surface area contributed by atoms with Gasteiger partial charge in [0, 0.05) is 0 Å². The number of halogens is 2. The van der Waals surface area contributed by atoms with Gasteiger partial charge in [-0.2, -0.15) is 0 Å². The standard InChI is InChI=1S/C12H14Cl2O2S/c1-10-5-7-11(8-6-10)17(15,16)9-3-2-4-12(13)14/h4-8H,2-3,9H2,1H3. The van der Waals surface area contributed by atoms with E-state index >= 15 is 0 Å². The van der Waals surface area contributed by atoms with Crippen LogP contribution < -0.4 is 0 Å². The average molecular weight is 293 g/mol. The molecule has 0 bridgehead atoms. The Morgan fingerprint density at radius 3 is 2.35 bits per heavy atom. The van der Waals surface area contributed by atoms with E-state index in [1.807, 2.05) is 6.92 Å². The summed E-state index contributed by atoms with van der Waals surface area (Å²) >= 11 is 10.9. The molecule has 0 N–H and O–H groups in total. The van der Waals surface area contributed by atoms with Gasteiger partial charge in [0.15, 0.2) is 9.84 Å². The Balaban J connectivity index is 2.63. The van der Waals surface area contributed by atoms with Crippen molar-refractivity contribution < 1.29 is 8.42 Å². The molecule has 17 heavy (non-hydrogen) atoms. The van der Waals surface area contributed by atoms with E-state index in [0.29, 0.717) is 17.7 Å². The predicted molar refractivity (Wildman–Crippen MR) is 72.3 cm³/mol. The molecule has 1 aromatic carbocycles. The molecule has 0 fully saturated rings. The summed E-state index contributed by atoms with van der Waals surface area (Å²) in [5.41, 5.74) is 1.04. The number of aryl methyl sites for hydroxylation is 1. The van der Waals surface area contributed by atoms with Gasteiger partial charge >= 0.3 is 0 Å². The molecule has 0 heterocycles. The van der Waals surface area contributed by atoms with Gasteiger partial charge in [-0.05, 0) is 31.9 Å². The van der Waals surface area contributed by atoms with Crippen molar-refractivity contribution in [3.63, 3.8) is 0 Å². The molecule has 1 aromatic rings. The predicted octanol–water partition coefficient (Wildman–Crippen LogP) is 3.87. The summed E-state index contributed by atoms with van der Waals surface area (Å²) < 4.78 is 24.0. The lowest BCUT2D eigenvalue weighted by molar-refractivity contribution is 0.593. The molecule has 94 valence electrons. The number of allylic oxidation sites excluding steroid dienone is 1. The van der Waals surface area contributed by atoms with Crippen LogP contribution in [0.2, 0.25) is 0 Å². The molecule has 0 aliphatic heterocycles. The highest BCUT2D eigenvalue weighted by molar-refractivity contribution is 7.91. The number of hydrogen-bond acceptors (Lipinski definition) is 2. The Bertz CT molecular complexity index is 486. The van der Waals surface area contributed by atoms with E-state index in [1.54, 1.807) is 30.3 Å². The molecule has 0 saturated carbocycles. The smallest absolute Gasteiger partial charge is 0.178 e. The number of benzene rings is 1. The molecule has 1 rings (SSSR count). The molecule has 0 aliphatic rings. The van der Waals surface area contributed by atoms with Gasteiger partial charge in [0.25, 0.3) is 0 Å². The minimum Gasteiger partial charge on any atom is -0.224 e. The third-order valence-electron chi connectivity index (χ3n) is 2.30. The fraction of sp³-hybridized carbons (Fsp3) is 0.333. The summed E-state index contributed by atoms with van der Waals surface area (Å²) in [6.07, 6.45) is 2.68. The highest BCUT2D eigenvalue weighted by Crippen LogP contribution is 2.15. The minimum absolute atomic E-state index is 0.105. The fourth-order valence-corrected chi connectivity index (χ4v) is 2.90. The summed E-state index contributed by atoms with van der Waals surface area (Å²) in [5.74, 6) is 0.105. The van der Waals surface area contributed by atoms with Crippen LogP contribution in [0.4, 0.5) is 0 Å². The monoisotopic (exact) mass is 292 g/mol. The van der Waals surface area contributed by atoms with Gasteiger partial charge in [-0.15, -0.1) is 0 Å². The lowest BCUT2D eigenvalue weighted by Gasteiger charge is -2.03. The quantitative estimate of drug-likeness (QED) is 0.772. The highest BCUT2D eigenvalue weighted by Gasteiger charge is 2.12. The first kappa shape index (κ1) is 14.6. The van der Waals surface area contributed by atoms with E-state index in [1.165, 1.54) is 0 Å². The largest absolute Gasteiger partial charge is 0.224 e. The summed E-state index contributed by atoms with van der Waals surface area (Å²) in [7, 11) is -3.19. The lowest BCUT2D eigenvalue weighted by atomic mass is 10.2. The molecular weight excluding hydrogens is 279 g/mol. The molecule has 5 heteroatoms. The Labute approximate surface area is 112 Å². The number of hydrogen-bond donors (Lipinski definition) is 0. The van der Waals surface area contributed by atoms with E-state index in [0.717, 1.165) is 5.56 Å². The van der Waals surface area contributed by atoms with Crippen LogP contribution in [0.25, 0.3) is 0 Å². The molecule has 0 aliphatic carbocycles. The summed E-state index contributed by atoms with van der Waals surface area (Å²) in [6.45, 7) is 1.92. The molecule has 0 saturated heterocycles. The van der Waals surface area contributed by atoms with Gasteiger partial charge < -0.3 is 0 Å². The molecule has 0 spiro atoms. The zero-order valence-corrected chi connectivity index (χ0v) is 11.8. The van der Waals surface area contributed by atoms with Crippen LogP contribution in [0.15, 0.2) is 39.7 Å². The van der Waals surface area contributed by atoms with Crippen molar-refractivity contribution in [3.8, 4) is 0 Å². The van der Waals surface area contributed by atoms with E-state index < -0.39 is 9.84 Å². The first-order valence-corrected chi connectivity index (χ1v) is 7.63. The first-order valence-electron chi connectivity index (χ1n) is 5.22. The molecule has 0 atom stereocenters. The van der Waals surface area contributed by atoms with E-state index in [9.17, 15) is 8.42 Å². The van der Waals surface area contributed by atoms with Gasteiger partial charge in [0.05, 0.1) is 10.6 Å². The molecule has 2 nitrogen and oxygen atoms in total. The topological polar surface area (TPSA) is 34.1 Å². The molecule has 0 aromatic heterocycles. The number of sulfone groups is 1. The SMILES string of the molecule is Cc1ccc(S(=O)(=O)CCCC=C(Cl)Cl)cc1. The molecule has 0 amide bonds. The zero-order chi connectivity index (χ0) is 12.9. The molecular formula is C12H14Cl2O2S. The van der Waals surface area contributed by atoms with Crippen molar-refractivity contribution in [3.05, 3.63) is 40.4 Å². The molecule has 0 radical (unpaired) electrons. The summed E-state index contributed by atoms with van der Waals surface area (Å²) in [6, 6.07) is 6.86. The van der Waals surface area contributed by atoms with Gasteiger partial charge in [0.1, 0.15) is 4.49 Å². The van der Waals surface area contributed by atoms with Crippen molar-refractivity contribution in [1.82, 2.24) is 0 Å². The van der Waals surface area contributed by atoms with Crippen LogP contribution in [-0.2, 0) is 9.84 Å². The van der Waals surface area contributed by atoms with Gasteiger partial charge in [0.2, 0.25) is 0 Å². The van der Waals surface area contributed by atoms with Crippen molar-refractivity contribution in [1.29, 1.82) is 0 Å². The van der Waals surface area contributed by atoms with Crippen LogP contribution in [-0.4, -0.2) is 14.2 Å². The van der Waals surface area contributed by atoms with Crippen LogP contribution in [0.1, 0.15) is 18.4 Å². The van der Waals surface area contributed by atoms with E-state index in [4.69, 9.17) is 23.2 Å². The van der Waals surface area contributed by atoms with Crippen molar-refractivity contribution in [2.24, 2.45) is 0 Å². The van der Waals surface area contributed by atoms with Gasteiger partial charge in [-0.25, -0.2) is 8.42 Å². The second-order valence-corrected chi connectivity index (χ2v) is 6.88. The maximum Gasteiger partial charge on any atom is 0.178 e. The van der Waals surface area contributed by atoms with Crippen molar-refractivity contribution in [2.75, 3.05) is 5.75 Å². The van der Waals surface area contributed by atoms with Crippen molar-refractivity contribution in [2.45, 2.75) is 24.7 Å². The summed E-state index contributed by atoms with van der Waals surface area (Å²) in [4.78, 5) is 0.365. The third kappa shape index (κ3) is 5.11. The van der Waals surface area contributed by atoms with Gasteiger partial charge in [-0.1, -0.05) is 47.0 Å². The number of rotatable bonds is 5. The second kappa shape index (κ2) is 6.43. The van der Waals surface area contributed by atoms with Crippen LogP contribution in [0, 0.1) is 6.92 Å². The summed E-state index contributed by atoms with van der Waals surface area (Å²) in [5, 5.41) is 0. The van der Waals surface area contributed by atoms with Crippen molar-refractivity contribution >= 4 is 33.0 Å². The Kier molecular flexibility index (Phi) is 5.50. The number of unbranched alkanes of at least 4 members (excludes halogenated alkanes) is 1. The second-order valence-electron chi connectivity index (χ2n) is 3.77. The van der Waals surface area contributed by atoms with E-state index in [2.05, 4.69) is 0 Å². The Morgan fingerprint density at radius 2 is 1.82 bits per heavy atom. The van der Waals surface area contributed by atoms with Crippen LogP contribution in [0.5, 0.6) is 0 Å². The minimum atomic E-state index is -3.19. The lowest BCUT2D eigenvalue weighted by Crippen LogP contribution is -2.06. The van der Waals surface area contributed by atoms with E-state index in [-0.39, 0.29) is 10.2 Å². The Hall–Kier alpha value is -0.510. The van der Waals surface area contributed by atoms with Gasteiger partial charge in [-0.3, -0.25) is 0 Å². The first-order chi connectivity index (χ1) is 7.92. The fourth-order valence-electron chi connectivity index (χ4n) is 1.35. The highest BCUT2D eigenvalue weighted by atomic mass is 35.5. The van der Waals surface area contributed by atoms with Crippen LogP contribution in [0.3, 0.4) is 0 Å². The van der Waals surface area contributed by atoms with Crippen LogP contribution >= 0.6 is 23.2 Å². The Morgan fingerprint density at radius 1 is 1.24 bits per heavy atom. The zero-order valence-electron chi connectivity index (χ0n) is 9.49. The maximum absolute atomic E-state index is 11.9. The normalized spacial score (nSPS) is 11.2. The maximum atomic E-state index is 11.9. The average Bonchev–Trinajstić information content (AvgIpc) is 2.25. The third-order valence-corrected chi connectivity index (χ3v) is 4.42.